The van der Waals surface area contributed by atoms with Crippen LogP contribution in [-0.2, 0) is 25.5 Å². The number of ether oxygens (including phenoxy) is 1. The number of rotatable bonds is 5. The van der Waals surface area contributed by atoms with Crippen molar-refractivity contribution in [3.63, 3.8) is 0 Å². The molecule has 1 aliphatic rings. The lowest BCUT2D eigenvalue weighted by atomic mass is 10.0. The summed E-state index contributed by atoms with van der Waals surface area (Å²) in [5.74, 6) is -1.01. The maximum absolute atomic E-state index is 13.0. The Morgan fingerprint density at radius 1 is 1.20 bits per heavy atom. The summed E-state index contributed by atoms with van der Waals surface area (Å²) in [5.41, 5.74) is 2.18. The normalized spacial score (nSPS) is 18.4. The highest BCUT2D eigenvalue weighted by atomic mass is 35.5. The minimum atomic E-state index is -0.820. The van der Waals surface area contributed by atoms with Crippen molar-refractivity contribution >= 4 is 46.7 Å². The average Bonchev–Trinajstić information content (AvgIpc) is 2.78. The number of amides is 2. The first-order chi connectivity index (χ1) is 14.3. The quantitative estimate of drug-likeness (QED) is 0.698. The van der Waals surface area contributed by atoms with E-state index in [1.54, 1.807) is 31.3 Å². The number of carbonyl (C=O) groups is 3. The van der Waals surface area contributed by atoms with Gasteiger partial charge in [-0.15, -0.1) is 0 Å². The number of para-hydroxylation sites is 1. The third kappa shape index (κ3) is 5.12. The molecule has 0 aliphatic carbocycles. The molecule has 0 bridgehead atoms. The molecule has 2 unspecified atom stereocenters. The van der Waals surface area contributed by atoms with E-state index in [-0.39, 0.29) is 24.7 Å². The molecular formula is C22H22Cl2N2O4. The predicted molar refractivity (Wildman–Crippen MR) is 116 cm³/mol. The number of nitrogens with one attached hydrogen (secondary N) is 1. The molecule has 0 fully saturated rings. The molecule has 1 N–H and O–H groups in total. The molecule has 0 saturated heterocycles. The summed E-state index contributed by atoms with van der Waals surface area (Å²) in [6.07, 6.45) is 0.0861. The fourth-order valence-electron chi connectivity index (χ4n) is 3.53. The van der Waals surface area contributed by atoms with Crippen LogP contribution in [0.5, 0.6) is 0 Å². The minimum absolute atomic E-state index is 0.153. The van der Waals surface area contributed by atoms with E-state index in [0.717, 1.165) is 11.1 Å². The first-order valence-electron chi connectivity index (χ1n) is 9.53. The SMILES string of the molecule is CC(=O)OC1CC(NC(=O)CCc2ccc(Cl)cc2Cl)C(=O)N(C)c2ccccc21. The summed E-state index contributed by atoms with van der Waals surface area (Å²) in [5, 5.41) is 3.80. The summed E-state index contributed by atoms with van der Waals surface area (Å²) >= 11 is 12.1. The van der Waals surface area contributed by atoms with Crippen molar-refractivity contribution in [3.8, 4) is 0 Å². The van der Waals surface area contributed by atoms with Gasteiger partial charge >= 0.3 is 5.97 Å². The van der Waals surface area contributed by atoms with E-state index in [1.807, 2.05) is 18.2 Å². The van der Waals surface area contributed by atoms with Crippen molar-refractivity contribution in [2.75, 3.05) is 11.9 Å². The summed E-state index contributed by atoms with van der Waals surface area (Å²) in [6.45, 7) is 1.32. The summed E-state index contributed by atoms with van der Waals surface area (Å²) in [7, 11) is 1.64. The van der Waals surface area contributed by atoms with E-state index in [2.05, 4.69) is 5.32 Å². The number of anilines is 1. The number of esters is 1. The van der Waals surface area contributed by atoms with Gasteiger partial charge in [-0.2, -0.15) is 0 Å². The Morgan fingerprint density at radius 2 is 1.93 bits per heavy atom. The predicted octanol–water partition coefficient (Wildman–Crippen LogP) is 4.08. The third-order valence-corrected chi connectivity index (χ3v) is 5.59. The molecule has 0 radical (unpaired) electrons. The maximum Gasteiger partial charge on any atom is 0.303 e. The Hall–Kier alpha value is -2.57. The third-order valence-electron chi connectivity index (χ3n) is 5.00. The van der Waals surface area contributed by atoms with Gasteiger partial charge in [-0.05, 0) is 30.2 Å². The number of likely N-dealkylation sites (N-methyl/N-ethyl adjacent to an activating group) is 1. The molecule has 6 nitrogen and oxygen atoms in total. The van der Waals surface area contributed by atoms with E-state index >= 15 is 0 Å². The lowest BCUT2D eigenvalue weighted by molar-refractivity contribution is -0.147. The van der Waals surface area contributed by atoms with Crippen LogP contribution in [0.2, 0.25) is 10.0 Å². The second kappa shape index (κ2) is 9.49. The Morgan fingerprint density at radius 3 is 2.63 bits per heavy atom. The molecule has 2 aromatic rings. The van der Waals surface area contributed by atoms with Crippen molar-refractivity contribution in [1.29, 1.82) is 0 Å². The molecule has 2 aromatic carbocycles. The van der Waals surface area contributed by atoms with E-state index in [1.165, 1.54) is 11.8 Å². The Labute approximate surface area is 185 Å². The number of aryl methyl sites for hydroxylation is 1. The van der Waals surface area contributed by atoms with Gasteiger partial charge in [0.2, 0.25) is 11.8 Å². The van der Waals surface area contributed by atoms with Gasteiger partial charge in [0.15, 0.2) is 0 Å². The van der Waals surface area contributed by atoms with Gasteiger partial charge in [0, 0.05) is 42.4 Å². The molecule has 8 heteroatoms. The molecule has 3 rings (SSSR count). The summed E-state index contributed by atoms with van der Waals surface area (Å²) < 4.78 is 5.46. The molecule has 1 heterocycles. The van der Waals surface area contributed by atoms with E-state index < -0.39 is 18.1 Å². The van der Waals surface area contributed by atoms with Crippen molar-refractivity contribution in [2.45, 2.75) is 38.3 Å². The Balaban J connectivity index is 1.74. The highest BCUT2D eigenvalue weighted by Gasteiger charge is 2.35. The molecule has 0 aromatic heterocycles. The van der Waals surface area contributed by atoms with Gasteiger partial charge in [-0.3, -0.25) is 14.4 Å². The molecule has 30 heavy (non-hydrogen) atoms. The molecule has 0 saturated carbocycles. The number of halogens is 2. The number of hydrogen-bond donors (Lipinski definition) is 1. The topological polar surface area (TPSA) is 75.7 Å². The van der Waals surface area contributed by atoms with Crippen molar-refractivity contribution in [2.24, 2.45) is 0 Å². The standard InChI is InChI=1S/C22H22Cl2N2O4/c1-13(27)30-20-12-18(22(29)26(2)19-6-4-3-5-16(19)20)25-21(28)10-8-14-7-9-15(23)11-17(14)24/h3-7,9,11,18,20H,8,10,12H2,1-2H3,(H,25,28). The highest BCUT2D eigenvalue weighted by molar-refractivity contribution is 6.35. The first kappa shape index (κ1) is 22.1. The van der Waals surface area contributed by atoms with Gasteiger partial charge in [0.25, 0.3) is 0 Å². The molecular weight excluding hydrogens is 427 g/mol. The lowest BCUT2D eigenvalue weighted by Gasteiger charge is -2.22. The Kier molecular flexibility index (Phi) is 7.00. The van der Waals surface area contributed by atoms with Crippen LogP contribution in [0, 0.1) is 0 Å². The number of nitrogens with zero attached hydrogens (tertiary/aromatic N) is 1. The van der Waals surface area contributed by atoms with Crippen molar-refractivity contribution < 1.29 is 19.1 Å². The van der Waals surface area contributed by atoms with Crippen LogP contribution in [-0.4, -0.2) is 30.9 Å². The van der Waals surface area contributed by atoms with E-state index in [4.69, 9.17) is 27.9 Å². The van der Waals surface area contributed by atoms with Crippen LogP contribution in [0.25, 0.3) is 0 Å². The lowest BCUT2D eigenvalue weighted by Crippen LogP contribution is -2.47. The second-order valence-electron chi connectivity index (χ2n) is 7.15. The zero-order valence-electron chi connectivity index (χ0n) is 16.7. The van der Waals surface area contributed by atoms with Gasteiger partial charge in [-0.1, -0.05) is 47.5 Å². The first-order valence-corrected chi connectivity index (χ1v) is 10.3. The van der Waals surface area contributed by atoms with E-state index in [0.29, 0.717) is 22.2 Å². The molecule has 1 aliphatic heterocycles. The maximum atomic E-state index is 13.0. The Bertz CT molecular complexity index is 979. The zero-order chi connectivity index (χ0) is 21.8. The number of carbonyl (C=O) groups excluding carboxylic acids is 3. The molecule has 0 spiro atoms. The minimum Gasteiger partial charge on any atom is -0.457 e. The van der Waals surface area contributed by atoms with Gasteiger partial charge < -0.3 is 15.0 Å². The molecule has 2 amide bonds. The van der Waals surface area contributed by atoms with Crippen LogP contribution >= 0.6 is 23.2 Å². The summed E-state index contributed by atoms with van der Waals surface area (Å²) in [6, 6.07) is 11.5. The van der Waals surface area contributed by atoms with Gasteiger partial charge in [0.1, 0.15) is 12.1 Å². The fourth-order valence-corrected chi connectivity index (χ4v) is 4.03. The fraction of sp³-hybridized carbons (Fsp3) is 0.318. The largest absolute Gasteiger partial charge is 0.457 e. The van der Waals surface area contributed by atoms with Crippen LogP contribution in [0.15, 0.2) is 42.5 Å². The van der Waals surface area contributed by atoms with E-state index in [9.17, 15) is 14.4 Å². The van der Waals surface area contributed by atoms with Crippen LogP contribution in [0.1, 0.15) is 37.0 Å². The average molecular weight is 449 g/mol. The van der Waals surface area contributed by atoms with Gasteiger partial charge in [-0.25, -0.2) is 0 Å². The van der Waals surface area contributed by atoms with Crippen LogP contribution < -0.4 is 10.2 Å². The van der Waals surface area contributed by atoms with Crippen LogP contribution in [0.4, 0.5) is 5.69 Å². The zero-order valence-corrected chi connectivity index (χ0v) is 18.2. The highest BCUT2D eigenvalue weighted by Crippen LogP contribution is 2.35. The van der Waals surface area contributed by atoms with Crippen molar-refractivity contribution in [3.05, 3.63) is 63.6 Å². The molecule has 158 valence electrons. The number of hydrogen-bond acceptors (Lipinski definition) is 4. The smallest absolute Gasteiger partial charge is 0.303 e. The van der Waals surface area contributed by atoms with Crippen LogP contribution in [0.3, 0.4) is 0 Å². The monoisotopic (exact) mass is 448 g/mol. The van der Waals surface area contributed by atoms with Gasteiger partial charge in [0.05, 0.1) is 5.69 Å². The molecule has 2 atom stereocenters. The second-order valence-corrected chi connectivity index (χ2v) is 7.99. The summed E-state index contributed by atoms with van der Waals surface area (Å²) in [4.78, 5) is 38.6. The van der Waals surface area contributed by atoms with Crippen molar-refractivity contribution in [1.82, 2.24) is 5.32 Å². The number of benzene rings is 2. The number of fused-ring (bicyclic) bond motifs is 1.